The molecule has 0 spiro atoms. The van der Waals surface area contributed by atoms with Crippen LogP contribution >= 0.6 is 0 Å². The van der Waals surface area contributed by atoms with Crippen LogP contribution in [0.2, 0.25) is 0 Å². The summed E-state index contributed by atoms with van der Waals surface area (Å²) in [6, 6.07) is 1.86. The maximum atomic E-state index is 12.9. The van der Waals surface area contributed by atoms with Crippen molar-refractivity contribution in [1.82, 2.24) is 25.2 Å². The molecule has 1 fully saturated rings. The number of carbonyl (C=O) groups is 2. The Kier molecular flexibility index (Phi) is 6.95. The van der Waals surface area contributed by atoms with E-state index in [0.29, 0.717) is 44.1 Å². The number of rotatable bonds is 7. The average molecular weight is 416 g/mol. The number of carbonyl (C=O) groups excluding carboxylic acids is 2. The SMILES string of the molecule is CCn1nc(CC(C)C)cc1C(=O)NC1CCC(=O)N(Cc2c(C)noc2C)CC1. The van der Waals surface area contributed by atoms with E-state index in [9.17, 15) is 9.59 Å². The van der Waals surface area contributed by atoms with Crippen LogP contribution in [0, 0.1) is 19.8 Å². The van der Waals surface area contributed by atoms with Gasteiger partial charge in [-0.05, 0) is 52.0 Å². The van der Waals surface area contributed by atoms with E-state index in [2.05, 4.69) is 29.4 Å². The fraction of sp³-hybridized carbons (Fsp3) is 0.636. The van der Waals surface area contributed by atoms with Crippen LogP contribution in [0.3, 0.4) is 0 Å². The Labute approximate surface area is 178 Å². The van der Waals surface area contributed by atoms with E-state index in [4.69, 9.17) is 4.52 Å². The van der Waals surface area contributed by atoms with Crippen molar-refractivity contribution in [2.75, 3.05) is 6.54 Å². The zero-order chi connectivity index (χ0) is 21.8. The van der Waals surface area contributed by atoms with Gasteiger partial charge in [-0.2, -0.15) is 5.10 Å². The first-order valence-electron chi connectivity index (χ1n) is 10.9. The molecule has 30 heavy (non-hydrogen) atoms. The largest absolute Gasteiger partial charge is 0.361 e. The highest BCUT2D eigenvalue weighted by molar-refractivity contribution is 5.93. The van der Waals surface area contributed by atoms with Crippen LogP contribution in [0.15, 0.2) is 10.6 Å². The molecule has 1 aliphatic rings. The normalized spacial score (nSPS) is 17.5. The lowest BCUT2D eigenvalue weighted by Gasteiger charge is -2.21. The summed E-state index contributed by atoms with van der Waals surface area (Å²) in [6.45, 7) is 11.8. The smallest absolute Gasteiger partial charge is 0.269 e. The predicted octanol–water partition coefficient (Wildman–Crippen LogP) is 3.02. The number of likely N-dealkylation sites (tertiary alicyclic amines) is 1. The van der Waals surface area contributed by atoms with Crippen molar-refractivity contribution in [1.29, 1.82) is 0 Å². The number of aryl methyl sites for hydroxylation is 3. The van der Waals surface area contributed by atoms with Gasteiger partial charge in [-0.25, -0.2) is 0 Å². The molecule has 1 aliphatic heterocycles. The molecule has 1 atom stereocenters. The number of amides is 2. The minimum Gasteiger partial charge on any atom is -0.361 e. The van der Waals surface area contributed by atoms with Gasteiger partial charge >= 0.3 is 0 Å². The highest BCUT2D eigenvalue weighted by Gasteiger charge is 2.26. The zero-order valence-electron chi connectivity index (χ0n) is 18.7. The van der Waals surface area contributed by atoms with Gasteiger partial charge in [0.15, 0.2) is 0 Å². The molecule has 2 aromatic heterocycles. The van der Waals surface area contributed by atoms with Crippen LogP contribution in [-0.4, -0.2) is 44.2 Å². The van der Waals surface area contributed by atoms with Gasteiger partial charge in [-0.15, -0.1) is 0 Å². The lowest BCUT2D eigenvalue weighted by molar-refractivity contribution is -0.131. The Balaban J connectivity index is 1.63. The molecule has 164 valence electrons. The Morgan fingerprint density at radius 2 is 2.10 bits per heavy atom. The molecule has 1 saturated heterocycles. The second-order valence-electron chi connectivity index (χ2n) is 8.55. The Morgan fingerprint density at radius 1 is 1.33 bits per heavy atom. The van der Waals surface area contributed by atoms with Gasteiger partial charge in [0.2, 0.25) is 5.91 Å². The second kappa shape index (κ2) is 9.45. The van der Waals surface area contributed by atoms with Gasteiger partial charge in [0.1, 0.15) is 11.5 Å². The van der Waals surface area contributed by atoms with E-state index in [0.717, 1.165) is 35.6 Å². The molecule has 1 N–H and O–H groups in total. The summed E-state index contributed by atoms with van der Waals surface area (Å²) in [4.78, 5) is 27.4. The van der Waals surface area contributed by atoms with Crippen LogP contribution in [0.5, 0.6) is 0 Å². The molecule has 2 amide bonds. The molecule has 3 heterocycles. The van der Waals surface area contributed by atoms with E-state index in [1.54, 1.807) is 4.68 Å². The van der Waals surface area contributed by atoms with Crippen molar-refractivity contribution < 1.29 is 14.1 Å². The van der Waals surface area contributed by atoms with Crippen molar-refractivity contribution in [3.63, 3.8) is 0 Å². The van der Waals surface area contributed by atoms with Crippen molar-refractivity contribution in [2.45, 2.75) is 79.4 Å². The summed E-state index contributed by atoms with van der Waals surface area (Å²) < 4.78 is 6.98. The van der Waals surface area contributed by atoms with Crippen LogP contribution in [0.25, 0.3) is 0 Å². The first kappa shape index (κ1) is 22.1. The zero-order valence-corrected chi connectivity index (χ0v) is 18.7. The van der Waals surface area contributed by atoms with Gasteiger partial charge in [0.25, 0.3) is 5.91 Å². The Bertz CT molecular complexity index is 879. The monoisotopic (exact) mass is 415 g/mol. The molecule has 8 heteroatoms. The summed E-state index contributed by atoms with van der Waals surface area (Å²) >= 11 is 0. The minimum absolute atomic E-state index is 0.0372. The average Bonchev–Trinajstić information content (AvgIpc) is 3.19. The maximum Gasteiger partial charge on any atom is 0.269 e. The van der Waals surface area contributed by atoms with Gasteiger partial charge in [0.05, 0.1) is 17.9 Å². The van der Waals surface area contributed by atoms with E-state index in [-0.39, 0.29) is 17.9 Å². The van der Waals surface area contributed by atoms with E-state index in [1.807, 2.05) is 31.7 Å². The van der Waals surface area contributed by atoms with Crippen molar-refractivity contribution in [2.24, 2.45) is 5.92 Å². The third-order valence-electron chi connectivity index (χ3n) is 5.65. The first-order chi connectivity index (χ1) is 14.3. The van der Waals surface area contributed by atoms with Crippen LogP contribution in [0.1, 0.15) is 73.2 Å². The topological polar surface area (TPSA) is 93.3 Å². The van der Waals surface area contributed by atoms with Gasteiger partial charge in [0, 0.05) is 31.1 Å². The Morgan fingerprint density at radius 3 is 2.73 bits per heavy atom. The molecular weight excluding hydrogens is 382 g/mol. The van der Waals surface area contributed by atoms with E-state index >= 15 is 0 Å². The fourth-order valence-corrected chi connectivity index (χ4v) is 3.94. The third-order valence-corrected chi connectivity index (χ3v) is 5.65. The lowest BCUT2D eigenvalue weighted by atomic mass is 10.1. The minimum atomic E-state index is -0.115. The van der Waals surface area contributed by atoms with Gasteiger partial charge < -0.3 is 14.7 Å². The third kappa shape index (κ3) is 5.09. The maximum absolute atomic E-state index is 12.9. The molecule has 0 radical (unpaired) electrons. The number of aromatic nitrogens is 3. The van der Waals surface area contributed by atoms with Crippen LogP contribution in [-0.2, 0) is 24.3 Å². The van der Waals surface area contributed by atoms with Crippen molar-refractivity contribution in [3.8, 4) is 0 Å². The quantitative estimate of drug-likeness (QED) is 0.750. The number of hydrogen-bond acceptors (Lipinski definition) is 5. The van der Waals surface area contributed by atoms with Crippen LogP contribution < -0.4 is 5.32 Å². The van der Waals surface area contributed by atoms with Gasteiger partial charge in [-0.1, -0.05) is 19.0 Å². The molecule has 0 bridgehead atoms. The lowest BCUT2D eigenvalue weighted by Crippen LogP contribution is -2.37. The summed E-state index contributed by atoms with van der Waals surface area (Å²) in [6.07, 6.45) is 2.63. The number of nitrogens with one attached hydrogen (secondary N) is 1. The Hall–Kier alpha value is -2.64. The molecule has 0 aromatic carbocycles. The molecule has 0 saturated carbocycles. The summed E-state index contributed by atoms with van der Waals surface area (Å²) in [5.74, 6) is 1.22. The number of hydrogen-bond donors (Lipinski definition) is 1. The molecule has 8 nitrogen and oxygen atoms in total. The molecule has 3 rings (SSSR count). The standard InChI is InChI=1S/C22H33N5O3/c1-6-27-20(12-18(24-27)11-14(2)3)22(29)23-17-7-8-21(28)26(10-9-17)13-19-15(4)25-30-16(19)5/h12,14,17H,6-11,13H2,1-5H3,(H,23,29). The molecule has 0 aliphatic carbocycles. The van der Waals surface area contributed by atoms with E-state index < -0.39 is 0 Å². The molecular formula is C22H33N5O3. The predicted molar refractivity (Wildman–Crippen MR) is 113 cm³/mol. The second-order valence-corrected chi connectivity index (χ2v) is 8.55. The highest BCUT2D eigenvalue weighted by atomic mass is 16.5. The fourth-order valence-electron chi connectivity index (χ4n) is 3.94. The first-order valence-corrected chi connectivity index (χ1v) is 10.9. The molecule has 1 unspecified atom stereocenters. The highest BCUT2D eigenvalue weighted by Crippen LogP contribution is 2.20. The van der Waals surface area contributed by atoms with Crippen molar-refractivity contribution in [3.05, 3.63) is 34.5 Å². The molecule has 2 aromatic rings. The van der Waals surface area contributed by atoms with Crippen molar-refractivity contribution >= 4 is 11.8 Å². The van der Waals surface area contributed by atoms with Gasteiger partial charge in [-0.3, -0.25) is 14.3 Å². The summed E-state index contributed by atoms with van der Waals surface area (Å²) in [5, 5.41) is 11.7. The van der Waals surface area contributed by atoms with E-state index in [1.165, 1.54) is 0 Å². The summed E-state index contributed by atoms with van der Waals surface area (Å²) in [7, 11) is 0. The van der Waals surface area contributed by atoms with Crippen LogP contribution in [0.4, 0.5) is 0 Å². The number of nitrogens with zero attached hydrogens (tertiary/aromatic N) is 4. The summed E-state index contributed by atoms with van der Waals surface area (Å²) in [5.41, 5.74) is 3.32.